The smallest absolute Gasteiger partial charge is 0.305 e. The number of carboxylic acids is 1. The van der Waals surface area contributed by atoms with Gasteiger partial charge in [0.25, 0.3) is 0 Å². The van der Waals surface area contributed by atoms with Gasteiger partial charge in [0, 0.05) is 38.1 Å². The quantitative estimate of drug-likeness (QED) is 0.324. The van der Waals surface area contributed by atoms with Gasteiger partial charge in [0.15, 0.2) is 5.78 Å². The number of nitrogens with zero attached hydrogens (tertiary/aromatic N) is 2. The highest BCUT2D eigenvalue weighted by atomic mass is 32.1. The second kappa shape index (κ2) is 14.1. The van der Waals surface area contributed by atoms with Crippen LogP contribution < -0.4 is 0 Å². The lowest BCUT2D eigenvalue weighted by molar-refractivity contribution is -0.146. The van der Waals surface area contributed by atoms with Crippen LogP contribution in [-0.4, -0.2) is 75.4 Å². The van der Waals surface area contributed by atoms with Crippen molar-refractivity contribution in [1.82, 2.24) is 9.88 Å². The molecule has 0 aliphatic carbocycles. The number of amides is 1. The third-order valence-electron chi connectivity index (χ3n) is 7.32. The summed E-state index contributed by atoms with van der Waals surface area (Å²) in [4.78, 5) is 57.1. The Labute approximate surface area is 239 Å². The Balaban J connectivity index is 1.60. The number of aliphatic carboxylic acids is 1. The molecule has 1 aliphatic heterocycles. The van der Waals surface area contributed by atoms with Crippen molar-refractivity contribution in [1.29, 1.82) is 0 Å². The first-order valence-electron chi connectivity index (χ1n) is 13.7. The number of rotatable bonds is 14. The average molecular weight is 573 g/mol. The van der Waals surface area contributed by atoms with Crippen LogP contribution in [-0.2, 0) is 30.3 Å². The van der Waals surface area contributed by atoms with Crippen molar-refractivity contribution in [2.75, 3.05) is 19.8 Å². The number of carbonyl (C=O) groups is 4. The molecule has 0 bridgehead atoms. The van der Waals surface area contributed by atoms with Crippen LogP contribution in [0, 0.1) is 18.3 Å². The van der Waals surface area contributed by atoms with Crippen LogP contribution in [0.1, 0.15) is 64.1 Å². The fourth-order valence-electron chi connectivity index (χ4n) is 4.94. The van der Waals surface area contributed by atoms with Crippen molar-refractivity contribution in [3.05, 3.63) is 41.0 Å². The molecule has 2 aromatic rings. The number of aliphatic hydroxyl groups excluding tert-OH is 1. The van der Waals surface area contributed by atoms with Gasteiger partial charge in [-0.05, 0) is 29.9 Å². The third kappa shape index (κ3) is 8.78. The summed E-state index contributed by atoms with van der Waals surface area (Å²) in [6.07, 6.45) is 0.0953. The Morgan fingerprint density at radius 2 is 1.77 bits per heavy atom. The first-order valence-corrected chi connectivity index (χ1v) is 14.6. The number of hydrogen-bond acceptors (Lipinski definition) is 8. The highest BCUT2D eigenvalue weighted by Gasteiger charge is 2.44. The normalized spacial score (nSPS) is 18.1. The van der Waals surface area contributed by atoms with E-state index in [1.54, 1.807) is 11.3 Å². The van der Waals surface area contributed by atoms with Crippen molar-refractivity contribution >= 4 is 34.8 Å². The van der Waals surface area contributed by atoms with E-state index in [1.165, 1.54) is 4.90 Å². The number of ether oxygens (including phenoxy) is 1. The first kappa shape index (κ1) is 31.6. The van der Waals surface area contributed by atoms with Gasteiger partial charge in [-0.3, -0.25) is 19.2 Å². The largest absolute Gasteiger partial charge is 0.481 e. The van der Waals surface area contributed by atoms with Crippen LogP contribution in [0.2, 0.25) is 0 Å². The summed E-state index contributed by atoms with van der Waals surface area (Å²) in [5.74, 6) is -2.20. The van der Waals surface area contributed by atoms with E-state index in [-0.39, 0.29) is 69.3 Å². The topological polar surface area (TPSA) is 134 Å². The maximum absolute atomic E-state index is 13.7. The van der Waals surface area contributed by atoms with E-state index in [0.717, 1.165) is 21.7 Å². The number of aliphatic hydroxyl groups is 1. The maximum atomic E-state index is 13.7. The van der Waals surface area contributed by atoms with Gasteiger partial charge in [0.1, 0.15) is 5.78 Å². The summed E-state index contributed by atoms with van der Waals surface area (Å²) in [5, 5.41) is 19.1. The van der Waals surface area contributed by atoms with E-state index in [9.17, 15) is 24.3 Å². The van der Waals surface area contributed by atoms with Gasteiger partial charge in [-0.1, -0.05) is 45.0 Å². The van der Waals surface area contributed by atoms with Crippen molar-refractivity contribution in [2.45, 2.75) is 78.4 Å². The molecular formula is C30H40N2O7S. The monoisotopic (exact) mass is 572 g/mol. The molecule has 9 nitrogen and oxygen atoms in total. The lowest BCUT2D eigenvalue weighted by Gasteiger charge is -2.34. The Kier molecular flexibility index (Phi) is 11.1. The predicted octanol–water partition coefficient (Wildman–Crippen LogP) is 4.08. The maximum Gasteiger partial charge on any atom is 0.305 e. The summed E-state index contributed by atoms with van der Waals surface area (Å²) in [5.41, 5.74) is 4.35. The number of carboxylic acid groups (broad SMARTS) is 1. The molecule has 218 valence electrons. The van der Waals surface area contributed by atoms with Crippen LogP contribution >= 0.6 is 11.3 Å². The third-order valence-corrected chi connectivity index (χ3v) is 8.29. The molecule has 2 heterocycles. The molecule has 1 amide bonds. The van der Waals surface area contributed by atoms with Crippen LogP contribution in [0.5, 0.6) is 0 Å². The summed E-state index contributed by atoms with van der Waals surface area (Å²) >= 11 is 1.59. The van der Waals surface area contributed by atoms with Gasteiger partial charge in [0.2, 0.25) is 5.91 Å². The first-order chi connectivity index (χ1) is 18.9. The molecule has 1 aromatic carbocycles. The van der Waals surface area contributed by atoms with E-state index in [2.05, 4.69) is 4.98 Å². The standard InChI is InChI=1S/C30H40N2O7S/c1-19-28(40-18-31-19)21-8-5-20(6-9-21)7-10-26(35)25-16-23(34)17-32(25)29(38)24(30(2,3)4)15-22(33)11-13-39-14-12-27(36)37/h5-6,8-9,18,23-25,34H,7,10-17H2,1-4H3,(H,36,37)/t23-,24-,25?/m1/s1. The molecule has 3 atom stereocenters. The van der Waals surface area contributed by atoms with E-state index in [1.807, 2.05) is 57.5 Å². The molecule has 1 aliphatic rings. The SMILES string of the molecule is Cc1ncsc1-c1ccc(CCC(=O)C2C[C@@H](O)CN2C(=O)[C@@H](CC(=O)CCOCCC(=O)O)C(C)(C)C)cc1. The minimum absolute atomic E-state index is 0.0102. The lowest BCUT2D eigenvalue weighted by atomic mass is 9.76. The number of carbonyl (C=O) groups excluding carboxylic acids is 3. The van der Waals surface area contributed by atoms with Crippen LogP contribution in [0.3, 0.4) is 0 Å². The molecular weight excluding hydrogens is 532 g/mol. The van der Waals surface area contributed by atoms with Gasteiger partial charge in [0.05, 0.1) is 47.9 Å². The number of β-amino-alcohol motifs (C(OH)–C–C–N with tert-alkyl or cyclic N) is 1. The van der Waals surface area contributed by atoms with E-state index >= 15 is 0 Å². The molecule has 1 unspecified atom stereocenters. The van der Waals surface area contributed by atoms with Crippen molar-refractivity contribution in [3.8, 4) is 10.4 Å². The number of Topliss-reactive ketones (excluding diaryl/α,β-unsaturated/α-hetero) is 2. The van der Waals surface area contributed by atoms with Gasteiger partial charge in [-0.25, -0.2) is 4.98 Å². The molecule has 40 heavy (non-hydrogen) atoms. The minimum Gasteiger partial charge on any atom is -0.481 e. The van der Waals surface area contributed by atoms with Crippen LogP contribution in [0.25, 0.3) is 10.4 Å². The molecule has 3 rings (SSSR count). The molecule has 10 heteroatoms. The number of ketones is 2. The number of aryl methyl sites for hydroxylation is 2. The average Bonchev–Trinajstić information content (AvgIpc) is 3.50. The number of thiazole rings is 1. The zero-order valence-corrected chi connectivity index (χ0v) is 24.5. The van der Waals surface area contributed by atoms with Crippen molar-refractivity contribution in [2.24, 2.45) is 11.3 Å². The Bertz CT molecular complexity index is 1190. The summed E-state index contributed by atoms with van der Waals surface area (Å²) in [7, 11) is 0. The van der Waals surface area contributed by atoms with Gasteiger partial charge < -0.3 is 19.8 Å². The highest BCUT2D eigenvalue weighted by molar-refractivity contribution is 7.13. The Morgan fingerprint density at radius 3 is 2.38 bits per heavy atom. The number of likely N-dealkylation sites (tertiary alicyclic amines) is 1. The van der Waals surface area contributed by atoms with E-state index in [4.69, 9.17) is 9.84 Å². The Morgan fingerprint density at radius 1 is 1.10 bits per heavy atom. The molecule has 1 saturated heterocycles. The van der Waals surface area contributed by atoms with E-state index in [0.29, 0.717) is 6.42 Å². The molecule has 1 fully saturated rings. The van der Waals surface area contributed by atoms with Crippen LogP contribution in [0.4, 0.5) is 0 Å². The summed E-state index contributed by atoms with van der Waals surface area (Å²) in [6.45, 7) is 7.80. The zero-order valence-electron chi connectivity index (χ0n) is 23.7. The molecule has 0 radical (unpaired) electrons. The minimum atomic E-state index is -0.971. The molecule has 1 aromatic heterocycles. The van der Waals surface area contributed by atoms with E-state index < -0.39 is 29.4 Å². The van der Waals surface area contributed by atoms with Crippen LogP contribution in [0.15, 0.2) is 29.8 Å². The van der Waals surface area contributed by atoms with Crippen molar-refractivity contribution in [3.63, 3.8) is 0 Å². The zero-order chi connectivity index (χ0) is 29.4. The number of hydrogen-bond donors (Lipinski definition) is 2. The second-order valence-corrected chi connectivity index (χ2v) is 12.3. The molecule has 0 spiro atoms. The predicted molar refractivity (Wildman–Crippen MR) is 152 cm³/mol. The van der Waals surface area contributed by atoms with Gasteiger partial charge >= 0.3 is 5.97 Å². The molecule has 2 N–H and O–H groups in total. The fourth-order valence-corrected chi connectivity index (χ4v) is 5.75. The second-order valence-electron chi connectivity index (χ2n) is 11.5. The molecule has 0 saturated carbocycles. The number of aromatic nitrogens is 1. The Hall–Kier alpha value is -2.95. The van der Waals surface area contributed by atoms with Gasteiger partial charge in [-0.15, -0.1) is 11.3 Å². The van der Waals surface area contributed by atoms with Gasteiger partial charge in [-0.2, -0.15) is 0 Å². The van der Waals surface area contributed by atoms with Crippen molar-refractivity contribution < 1.29 is 34.1 Å². The lowest BCUT2D eigenvalue weighted by Crippen LogP contribution is -2.47. The summed E-state index contributed by atoms with van der Waals surface area (Å²) < 4.78 is 5.22. The fraction of sp³-hybridized carbons (Fsp3) is 0.567. The summed E-state index contributed by atoms with van der Waals surface area (Å²) in [6, 6.07) is 7.33. The highest BCUT2D eigenvalue weighted by Crippen LogP contribution is 2.34. The number of benzene rings is 1.